The molecule has 0 nitrogen and oxygen atoms in total. The average Bonchev–Trinajstić information content (AvgIpc) is 3.52. The molecule has 1 aliphatic carbocycles. The number of hydrogen-bond acceptors (Lipinski definition) is 0. The summed E-state index contributed by atoms with van der Waals surface area (Å²) < 4.78 is 0. The molecule has 0 radical (unpaired) electrons. The van der Waals surface area contributed by atoms with Crippen LogP contribution in [0.2, 0.25) is 0 Å². The van der Waals surface area contributed by atoms with Gasteiger partial charge in [0.25, 0.3) is 0 Å². The Hall–Kier alpha value is -3.64. The van der Waals surface area contributed by atoms with E-state index in [4.69, 9.17) is 0 Å². The minimum atomic E-state index is -0.257. The SMILES string of the molecule is CC(C)=Cc1ccccc1C1(c2ccccc2)C(c2ccccc2)=C1c1ccccc1. The van der Waals surface area contributed by atoms with Crippen molar-refractivity contribution in [2.45, 2.75) is 19.3 Å². The molecular weight excluding hydrogens is 372 g/mol. The van der Waals surface area contributed by atoms with Crippen molar-refractivity contribution in [1.29, 1.82) is 0 Å². The smallest absolute Gasteiger partial charge is 0.0725 e. The maximum Gasteiger partial charge on any atom is 0.0725 e. The molecule has 0 spiro atoms. The first-order chi connectivity index (χ1) is 15.2. The summed E-state index contributed by atoms with van der Waals surface area (Å²) in [4.78, 5) is 0. The summed E-state index contributed by atoms with van der Waals surface area (Å²) in [5.41, 5.74) is 10.4. The largest absolute Gasteiger partial charge is 0.0758 e. The van der Waals surface area contributed by atoms with Gasteiger partial charge in [-0.25, -0.2) is 0 Å². The lowest BCUT2D eigenvalue weighted by molar-refractivity contribution is 0.952. The molecule has 0 aromatic heterocycles. The molecule has 31 heavy (non-hydrogen) atoms. The minimum Gasteiger partial charge on any atom is -0.0758 e. The topological polar surface area (TPSA) is 0 Å². The summed E-state index contributed by atoms with van der Waals surface area (Å²) in [6.45, 7) is 4.34. The van der Waals surface area contributed by atoms with Crippen molar-refractivity contribution in [2.24, 2.45) is 0 Å². The fourth-order valence-electron chi connectivity index (χ4n) is 4.89. The molecular formula is C31H26. The van der Waals surface area contributed by atoms with E-state index in [-0.39, 0.29) is 5.41 Å². The highest BCUT2D eigenvalue weighted by Crippen LogP contribution is 2.68. The number of allylic oxidation sites excluding steroid dienone is 3. The van der Waals surface area contributed by atoms with E-state index in [2.05, 4.69) is 135 Å². The van der Waals surface area contributed by atoms with Gasteiger partial charge in [0.15, 0.2) is 0 Å². The van der Waals surface area contributed by atoms with Gasteiger partial charge in [-0.05, 0) is 52.8 Å². The van der Waals surface area contributed by atoms with Crippen molar-refractivity contribution < 1.29 is 0 Å². The monoisotopic (exact) mass is 398 g/mol. The first kappa shape index (κ1) is 19.3. The van der Waals surface area contributed by atoms with E-state index >= 15 is 0 Å². The van der Waals surface area contributed by atoms with Gasteiger partial charge in [0, 0.05) is 0 Å². The van der Waals surface area contributed by atoms with Crippen LogP contribution in [0.4, 0.5) is 0 Å². The van der Waals surface area contributed by atoms with Gasteiger partial charge in [0.05, 0.1) is 5.41 Å². The highest BCUT2D eigenvalue weighted by Gasteiger charge is 2.57. The van der Waals surface area contributed by atoms with Crippen molar-refractivity contribution in [3.8, 4) is 0 Å². The summed E-state index contributed by atoms with van der Waals surface area (Å²) in [5, 5.41) is 0. The summed E-state index contributed by atoms with van der Waals surface area (Å²) in [5.74, 6) is 0. The molecule has 1 aliphatic rings. The fourth-order valence-corrected chi connectivity index (χ4v) is 4.89. The molecule has 5 rings (SSSR count). The lowest BCUT2D eigenvalue weighted by Gasteiger charge is -2.25. The Kier molecular flexibility index (Phi) is 4.92. The van der Waals surface area contributed by atoms with Gasteiger partial charge in [-0.2, -0.15) is 0 Å². The molecule has 0 saturated heterocycles. The molecule has 0 atom stereocenters. The molecule has 4 aromatic carbocycles. The molecule has 0 fully saturated rings. The average molecular weight is 399 g/mol. The molecule has 0 heterocycles. The van der Waals surface area contributed by atoms with E-state index < -0.39 is 0 Å². The van der Waals surface area contributed by atoms with Crippen LogP contribution < -0.4 is 0 Å². The first-order valence-corrected chi connectivity index (χ1v) is 10.9. The van der Waals surface area contributed by atoms with E-state index in [0.717, 1.165) is 0 Å². The molecule has 0 heteroatoms. The van der Waals surface area contributed by atoms with Crippen molar-refractivity contribution >= 4 is 17.2 Å². The second-order valence-electron chi connectivity index (χ2n) is 8.41. The molecule has 150 valence electrons. The summed E-state index contributed by atoms with van der Waals surface area (Å²) in [6, 6.07) is 41.6. The standard InChI is InChI=1S/C31H26/c1-23(2)22-26-18-12-13-21-28(26)31(27-19-10-5-11-20-27)29(24-14-6-3-7-15-24)30(31)25-16-8-4-9-17-25/h3-22H,1-2H3. The van der Waals surface area contributed by atoms with E-state index in [9.17, 15) is 0 Å². The molecule has 0 aliphatic heterocycles. The third-order valence-corrected chi connectivity index (χ3v) is 6.08. The van der Waals surface area contributed by atoms with Crippen molar-refractivity contribution in [3.05, 3.63) is 149 Å². The quantitative estimate of drug-likeness (QED) is 0.319. The van der Waals surface area contributed by atoms with Gasteiger partial charge >= 0.3 is 0 Å². The third-order valence-electron chi connectivity index (χ3n) is 6.08. The Morgan fingerprint density at radius 3 is 1.52 bits per heavy atom. The Bertz CT molecular complexity index is 1210. The van der Waals surface area contributed by atoms with Crippen LogP contribution in [0, 0.1) is 0 Å². The summed E-state index contributed by atoms with van der Waals surface area (Å²) >= 11 is 0. The van der Waals surface area contributed by atoms with Crippen molar-refractivity contribution in [1.82, 2.24) is 0 Å². The molecule has 0 amide bonds. The second kappa shape index (κ2) is 7.89. The normalized spacial score (nSPS) is 14.3. The Labute approximate surface area is 185 Å². The van der Waals surface area contributed by atoms with E-state index in [1.54, 1.807) is 0 Å². The molecule has 0 saturated carbocycles. The van der Waals surface area contributed by atoms with Crippen LogP contribution in [0.15, 0.2) is 121 Å². The molecule has 0 N–H and O–H groups in total. The zero-order chi connectivity index (χ0) is 21.3. The van der Waals surface area contributed by atoms with Crippen molar-refractivity contribution in [3.63, 3.8) is 0 Å². The zero-order valence-corrected chi connectivity index (χ0v) is 18.0. The maximum atomic E-state index is 2.31. The van der Waals surface area contributed by atoms with Crippen LogP contribution in [0.3, 0.4) is 0 Å². The van der Waals surface area contributed by atoms with Gasteiger partial charge in [-0.3, -0.25) is 0 Å². The van der Waals surface area contributed by atoms with Gasteiger partial charge in [0.1, 0.15) is 0 Å². The molecule has 0 unspecified atom stereocenters. The van der Waals surface area contributed by atoms with E-state index in [0.29, 0.717) is 0 Å². The van der Waals surface area contributed by atoms with Gasteiger partial charge in [-0.1, -0.05) is 127 Å². The lowest BCUT2D eigenvalue weighted by atomic mass is 9.76. The van der Waals surface area contributed by atoms with Gasteiger partial charge < -0.3 is 0 Å². The van der Waals surface area contributed by atoms with Gasteiger partial charge in [0.2, 0.25) is 0 Å². The van der Waals surface area contributed by atoms with Crippen LogP contribution in [0.5, 0.6) is 0 Å². The van der Waals surface area contributed by atoms with Gasteiger partial charge in [-0.15, -0.1) is 0 Å². The molecule has 4 aromatic rings. The lowest BCUT2D eigenvalue weighted by Crippen LogP contribution is -2.17. The molecule has 0 bridgehead atoms. The fraction of sp³-hybridized carbons (Fsp3) is 0.0968. The maximum absolute atomic E-state index is 2.31. The predicted octanol–water partition coefficient (Wildman–Crippen LogP) is 8.02. The number of benzene rings is 4. The van der Waals surface area contributed by atoms with Crippen LogP contribution in [-0.2, 0) is 5.41 Å². The Morgan fingerprint density at radius 1 is 0.548 bits per heavy atom. The number of hydrogen-bond donors (Lipinski definition) is 0. The predicted molar refractivity (Wildman–Crippen MR) is 133 cm³/mol. The van der Waals surface area contributed by atoms with Crippen LogP contribution in [0.25, 0.3) is 17.2 Å². The highest BCUT2D eigenvalue weighted by molar-refractivity contribution is 6.22. The third kappa shape index (κ3) is 3.25. The first-order valence-electron chi connectivity index (χ1n) is 10.9. The van der Waals surface area contributed by atoms with E-state index in [1.807, 2.05) is 0 Å². The summed E-state index contributed by atoms with van der Waals surface area (Å²) in [6.07, 6.45) is 2.31. The Morgan fingerprint density at radius 2 is 1.00 bits per heavy atom. The Balaban J connectivity index is 1.84. The van der Waals surface area contributed by atoms with Crippen LogP contribution in [-0.4, -0.2) is 0 Å². The second-order valence-corrected chi connectivity index (χ2v) is 8.41. The zero-order valence-electron chi connectivity index (χ0n) is 18.0. The van der Waals surface area contributed by atoms with Crippen LogP contribution >= 0.6 is 0 Å². The highest BCUT2D eigenvalue weighted by atomic mass is 14.6. The van der Waals surface area contributed by atoms with Crippen LogP contribution in [0.1, 0.15) is 41.7 Å². The summed E-state index contributed by atoms with van der Waals surface area (Å²) in [7, 11) is 0. The van der Waals surface area contributed by atoms with Crippen molar-refractivity contribution in [2.75, 3.05) is 0 Å². The minimum absolute atomic E-state index is 0.257. The van der Waals surface area contributed by atoms with E-state index in [1.165, 1.54) is 44.5 Å². The number of rotatable bonds is 5.